The average molecular weight is 554 g/mol. The third-order valence-corrected chi connectivity index (χ3v) is 6.03. The van der Waals surface area contributed by atoms with E-state index < -0.39 is 23.7 Å². The van der Waals surface area contributed by atoms with Gasteiger partial charge in [0.25, 0.3) is 17.7 Å². The number of imide groups is 1. The third-order valence-electron chi connectivity index (χ3n) is 5.45. The molecular weight excluding hydrogens is 533 g/mol. The first-order valence-corrected chi connectivity index (χ1v) is 12.2. The highest BCUT2D eigenvalue weighted by Gasteiger charge is 2.39. The van der Waals surface area contributed by atoms with Crippen LogP contribution in [0.25, 0.3) is 0 Å². The van der Waals surface area contributed by atoms with Crippen LogP contribution in [0.4, 0.5) is 17.1 Å². The predicted octanol–water partition coefficient (Wildman–Crippen LogP) is 5.30. The van der Waals surface area contributed by atoms with Crippen molar-refractivity contribution < 1.29 is 29.0 Å². The molecule has 38 heavy (non-hydrogen) atoms. The number of ether oxygens (including phenoxy) is 1. The van der Waals surface area contributed by atoms with Crippen LogP contribution in [0.5, 0.6) is 5.75 Å². The van der Waals surface area contributed by atoms with Gasteiger partial charge in [-0.3, -0.25) is 14.4 Å². The summed E-state index contributed by atoms with van der Waals surface area (Å²) in [4.78, 5) is 51.2. The lowest BCUT2D eigenvalue weighted by atomic mass is 10.1. The average Bonchev–Trinajstić information content (AvgIpc) is 3.12. The van der Waals surface area contributed by atoms with Gasteiger partial charge >= 0.3 is 5.97 Å². The molecule has 194 valence electrons. The van der Waals surface area contributed by atoms with Gasteiger partial charge in [0.15, 0.2) is 0 Å². The summed E-state index contributed by atoms with van der Waals surface area (Å²) < 4.78 is 5.08. The number of carbonyl (C=O) groups excluding carboxylic acids is 4. The molecule has 1 aliphatic heterocycles. The van der Waals surface area contributed by atoms with E-state index in [9.17, 15) is 24.3 Å². The number of phenolic OH excluding ortho intramolecular Hbond substituents is 1. The summed E-state index contributed by atoms with van der Waals surface area (Å²) in [5, 5.41) is 15.3. The molecule has 0 bridgehead atoms. The topological polar surface area (TPSA) is 125 Å². The number of amides is 3. The zero-order chi connectivity index (χ0) is 27.4. The Morgan fingerprint density at radius 1 is 0.921 bits per heavy atom. The van der Waals surface area contributed by atoms with Crippen molar-refractivity contribution in [2.75, 3.05) is 22.1 Å². The third kappa shape index (κ3) is 5.64. The molecule has 0 unspecified atom stereocenters. The molecule has 1 heterocycles. The number of hydrogen-bond acceptors (Lipinski definition) is 7. The quantitative estimate of drug-likeness (QED) is 0.196. The highest BCUT2D eigenvalue weighted by molar-refractivity contribution is 6.53. The second-order valence-corrected chi connectivity index (χ2v) is 8.95. The molecule has 1 aliphatic rings. The molecule has 9 nitrogen and oxygen atoms in total. The van der Waals surface area contributed by atoms with Crippen LogP contribution >= 0.6 is 23.2 Å². The number of aromatic hydroxyl groups is 1. The number of carbonyl (C=O) groups is 4. The Hall–Kier alpha value is -4.34. The fourth-order valence-corrected chi connectivity index (χ4v) is 3.91. The fraction of sp³-hybridized carbons (Fsp3) is 0.111. The standard InChI is InChI=1S/C27H21Cl2N3O6/c1-2-13-38-27(37)16-5-10-19(11-6-16)32-25(35)22(29)23(26(32)36)30-18-8-3-15(4-9-18)24(34)31-20-14-17(28)7-12-21(20)33/h3-12,14,30,33H,2,13H2,1H3,(H,31,34). The van der Waals surface area contributed by atoms with Crippen LogP contribution in [-0.4, -0.2) is 35.4 Å². The summed E-state index contributed by atoms with van der Waals surface area (Å²) in [5.74, 6) is -2.54. The number of hydrogen-bond donors (Lipinski definition) is 3. The van der Waals surface area contributed by atoms with Crippen LogP contribution < -0.4 is 15.5 Å². The van der Waals surface area contributed by atoms with Gasteiger partial charge in [0.1, 0.15) is 16.5 Å². The molecule has 4 rings (SSSR count). The van der Waals surface area contributed by atoms with Crippen molar-refractivity contribution in [2.24, 2.45) is 0 Å². The Morgan fingerprint density at radius 3 is 2.24 bits per heavy atom. The summed E-state index contributed by atoms with van der Waals surface area (Å²) in [5.41, 5.74) is 1.21. The second-order valence-electron chi connectivity index (χ2n) is 8.14. The minimum atomic E-state index is -0.724. The molecule has 3 aromatic carbocycles. The first kappa shape index (κ1) is 26.7. The van der Waals surface area contributed by atoms with Crippen molar-refractivity contribution in [1.82, 2.24) is 0 Å². The van der Waals surface area contributed by atoms with E-state index in [1.165, 1.54) is 66.7 Å². The van der Waals surface area contributed by atoms with Crippen LogP contribution in [0.1, 0.15) is 34.1 Å². The Kier molecular flexibility index (Phi) is 7.99. The number of benzene rings is 3. The van der Waals surface area contributed by atoms with Crippen molar-refractivity contribution >= 4 is 64.0 Å². The zero-order valence-electron chi connectivity index (χ0n) is 20.0. The number of nitrogens with one attached hydrogen (secondary N) is 2. The van der Waals surface area contributed by atoms with Crippen LogP contribution in [0.15, 0.2) is 77.5 Å². The highest BCUT2D eigenvalue weighted by Crippen LogP contribution is 2.31. The second kappa shape index (κ2) is 11.4. The number of phenols is 1. The van der Waals surface area contributed by atoms with Crippen LogP contribution in [0.2, 0.25) is 5.02 Å². The maximum atomic E-state index is 13.0. The molecule has 3 aromatic rings. The van der Waals surface area contributed by atoms with E-state index in [1.807, 2.05) is 6.92 Å². The smallest absolute Gasteiger partial charge is 0.338 e. The summed E-state index contributed by atoms with van der Waals surface area (Å²) in [6.07, 6.45) is 0.685. The fourth-order valence-electron chi connectivity index (χ4n) is 3.52. The van der Waals surface area contributed by atoms with Gasteiger partial charge in [0, 0.05) is 16.3 Å². The van der Waals surface area contributed by atoms with E-state index in [0.717, 1.165) is 4.90 Å². The summed E-state index contributed by atoms with van der Waals surface area (Å²) >= 11 is 12.1. The maximum Gasteiger partial charge on any atom is 0.338 e. The zero-order valence-corrected chi connectivity index (χ0v) is 21.5. The lowest BCUT2D eigenvalue weighted by molar-refractivity contribution is -0.120. The number of anilines is 3. The van der Waals surface area contributed by atoms with E-state index >= 15 is 0 Å². The molecule has 0 spiro atoms. The summed E-state index contributed by atoms with van der Waals surface area (Å²) in [6, 6.07) is 16.1. The van der Waals surface area contributed by atoms with Crippen LogP contribution in [0, 0.1) is 0 Å². The molecule has 3 N–H and O–H groups in total. The van der Waals surface area contributed by atoms with Gasteiger partial charge in [-0.05, 0) is 73.2 Å². The minimum absolute atomic E-state index is 0.135. The molecule has 0 saturated carbocycles. The Balaban J connectivity index is 1.45. The molecule has 0 aliphatic carbocycles. The van der Waals surface area contributed by atoms with Crippen molar-refractivity contribution in [3.05, 3.63) is 93.6 Å². The van der Waals surface area contributed by atoms with Gasteiger partial charge < -0.3 is 20.5 Å². The van der Waals surface area contributed by atoms with Crippen molar-refractivity contribution in [3.63, 3.8) is 0 Å². The van der Waals surface area contributed by atoms with E-state index in [-0.39, 0.29) is 45.6 Å². The van der Waals surface area contributed by atoms with Crippen LogP contribution in [-0.2, 0) is 14.3 Å². The molecule has 0 atom stereocenters. The molecule has 0 saturated heterocycles. The molecule has 3 amide bonds. The molecule has 0 aromatic heterocycles. The van der Waals surface area contributed by atoms with Crippen LogP contribution in [0.3, 0.4) is 0 Å². The lowest BCUT2D eigenvalue weighted by Crippen LogP contribution is -2.32. The van der Waals surface area contributed by atoms with E-state index in [0.29, 0.717) is 17.1 Å². The van der Waals surface area contributed by atoms with Crippen molar-refractivity contribution in [1.29, 1.82) is 0 Å². The first-order valence-electron chi connectivity index (χ1n) is 11.4. The molecule has 0 radical (unpaired) electrons. The molecule has 11 heteroatoms. The van der Waals surface area contributed by atoms with Gasteiger partial charge in [0.2, 0.25) is 0 Å². The van der Waals surface area contributed by atoms with Gasteiger partial charge in [-0.25, -0.2) is 9.69 Å². The molecular formula is C27H21Cl2N3O6. The van der Waals surface area contributed by atoms with E-state index in [2.05, 4.69) is 10.6 Å². The number of nitrogens with zero attached hydrogens (tertiary/aromatic N) is 1. The summed E-state index contributed by atoms with van der Waals surface area (Å²) in [7, 11) is 0. The van der Waals surface area contributed by atoms with Gasteiger partial charge in [-0.15, -0.1) is 0 Å². The van der Waals surface area contributed by atoms with Gasteiger partial charge in [-0.1, -0.05) is 30.1 Å². The van der Waals surface area contributed by atoms with Crippen molar-refractivity contribution in [3.8, 4) is 5.75 Å². The predicted molar refractivity (Wildman–Crippen MR) is 144 cm³/mol. The Labute approximate surface area is 227 Å². The number of rotatable bonds is 8. The Morgan fingerprint density at radius 2 is 1.58 bits per heavy atom. The van der Waals surface area contributed by atoms with E-state index in [4.69, 9.17) is 27.9 Å². The van der Waals surface area contributed by atoms with Gasteiger partial charge in [-0.2, -0.15) is 0 Å². The van der Waals surface area contributed by atoms with E-state index in [1.54, 1.807) is 0 Å². The lowest BCUT2D eigenvalue weighted by Gasteiger charge is -2.15. The Bertz CT molecular complexity index is 1450. The minimum Gasteiger partial charge on any atom is -0.506 e. The van der Waals surface area contributed by atoms with Crippen molar-refractivity contribution in [2.45, 2.75) is 13.3 Å². The summed E-state index contributed by atoms with van der Waals surface area (Å²) in [6.45, 7) is 2.17. The highest BCUT2D eigenvalue weighted by atomic mass is 35.5. The normalized spacial score (nSPS) is 13.1. The maximum absolute atomic E-state index is 13.0. The first-order chi connectivity index (χ1) is 18.2. The largest absolute Gasteiger partial charge is 0.506 e. The number of halogens is 2. The monoisotopic (exact) mass is 553 g/mol. The SMILES string of the molecule is CCCOC(=O)c1ccc(N2C(=O)C(Cl)=C(Nc3ccc(C(=O)Nc4cc(Cl)ccc4O)cc3)C2=O)cc1. The molecule has 0 fully saturated rings. The number of esters is 1. The van der Waals surface area contributed by atoms with Gasteiger partial charge in [0.05, 0.1) is 23.5 Å².